The third-order valence-corrected chi connectivity index (χ3v) is 3.31. The normalized spacial score (nSPS) is 15.2. The Kier molecular flexibility index (Phi) is 3.61. The quantitative estimate of drug-likeness (QED) is 0.813. The van der Waals surface area contributed by atoms with Gasteiger partial charge in [-0.25, -0.2) is 4.98 Å². The van der Waals surface area contributed by atoms with Gasteiger partial charge in [0.1, 0.15) is 0 Å². The fourth-order valence-electron chi connectivity index (χ4n) is 1.41. The van der Waals surface area contributed by atoms with E-state index in [0.29, 0.717) is 0 Å². The average molecular weight is 239 g/mol. The Balaban J connectivity index is 1.86. The lowest BCUT2D eigenvalue weighted by Crippen LogP contribution is -2.40. The predicted molar refractivity (Wildman–Crippen MR) is 68.2 cm³/mol. The fourth-order valence-corrected chi connectivity index (χ4v) is 2.17. The first kappa shape index (κ1) is 11.2. The minimum atomic E-state index is 0.732. The van der Waals surface area contributed by atoms with Gasteiger partial charge in [0.25, 0.3) is 0 Å². The Bertz CT molecular complexity index is 371. The zero-order chi connectivity index (χ0) is 11.4. The molecule has 1 aliphatic heterocycles. The van der Waals surface area contributed by atoms with Gasteiger partial charge in [-0.15, -0.1) is 11.3 Å². The highest BCUT2D eigenvalue weighted by molar-refractivity contribution is 7.13. The monoisotopic (exact) mass is 239 g/mol. The number of aromatic nitrogens is 1. The van der Waals surface area contributed by atoms with Crippen molar-refractivity contribution in [3.63, 3.8) is 0 Å². The van der Waals surface area contributed by atoms with E-state index in [4.69, 9.17) is 0 Å². The van der Waals surface area contributed by atoms with Gasteiger partial charge in [0.15, 0.2) is 11.1 Å². The number of guanidine groups is 1. The molecule has 0 aromatic carbocycles. The molecule has 0 amide bonds. The van der Waals surface area contributed by atoms with Gasteiger partial charge in [-0.05, 0) is 6.42 Å². The summed E-state index contributed by atoms with van der Waals surface area (Å²) in [5.74, 6) is 0.894. The molecule has 88 valence electrons. The Morgan fingerprint density at radius 2 is 2.44 bits per heavy atom. The van der Waals surface area contributed by atoms with Crippen molar-refractivity contribution < 1.29 is 0 Å². The summed E-state index contributed by atoms with van der Waals surface area (Å²) in [7, 11) is 4.01. The maximum atomic E-state index is 4.49. The van der Waals surface area contributed by atoms with Gasteiger partial charge in [-0.2, -0.15) is 0 Å². The van der Waals surface area contributed by atoms with Crippen LogP contribution in [0.15, 0.2) is 10.4 Å². The minimum Gasteiger partial charge on any atom is -0.356 e. The van der Waals surface area contributed by atoms with Crippen LogP contribution in [0.25, 0.3) is 0 Å². The van der Waals surface area contributed by atoms with Crippen LogP contribution in [-0.4, -0.2) is 38.1 Å². The van der Waals surface area contributed by atoms with Crippen LogP contribution in [0, 0.1) is 0 Å². The smallest absolute Gasteiger partial charge is 0.191 e. The van der Waals surface area contributed by atoms with Crippen LogP contribution in [-0.2, 0) is 6.54 Å². The van der Waals surface area contributed by atoms with Crippen molar-refractivity contribution in [1.82, 2.24) is 15.6 Å². The second kappa shape index (κ2) is 5.16. The van der Waals surface area contributed by atoms with E-state index in [2.05, 4.69) is 26.0 Å². The highest BCUT2D eigenvalue weighted by Crippen LogP contribution is 2.17. The van der Waals surface area contributed by atoms with Gasteiger partial charge in [0, 0.05) is 32.6 Å². The molecule has 0 saturated heterocycles. The molecule has 6 heteroatoms. The first-order valence-corrected chi connectivity index (χ1v) is 6.27. The Morgan fingerprint density at radius 1 is 1.56 bits per heavy atom. The molecule has 1 aromatic heterocycles. The zero-order valence-electron chi connectivity index (χ0n) is 9.66. The van der Waals surface area contributed by atoms with Crippen LogP contribution in [0.1, 0.15) is 12.1 Å². The highest BCUT2D eigenvalue weighted by Gasteiger charge is 2.06. The molecule has 0 saturated carbocycles. The molecule has 0 fully saturated rings. The molecule has 5 nitrogen and oxygen atoms in total. The van der Waals surface area contributed by atoms with E-state index in [-0.39, 0.29) is 0 Å². The first-order chi connectivity index (χ1) is 7.75. The molecule has 1 aromatic rings. The van der Waals surface area contributed by atoms with Gasteiger partial charge in [-0.1, -0.05) is 0 Å². The van der Waals surface area contributed by atoms with Crippen LogP contribution >= 0.6 is 11.3 Å². The van der Waals surface area contributed by atoms with Crippen LogP contribution in [0.3, 0.4) is 0 Å². The van der Waals surface area contributed by atoms with E-state index in [0.717, 1.165) is 42.8 Å². The van der Waals surface area contributed by atoms with E-state index in [9.17, 15) is 0 Å². The fraction of sp³-hybridized carbons (Fsp3) is 0.600. The molecule has 0 atom stereocenters. The summed E-state index contributed by atoms with van der Waals surface area (Å²) >= 11 is 1.66. The number of thiazole rings is 1. The first-order valence-electron chi connectivity index (χ1n) is 5.39. The largest absolute Gasteiger partial charge is 0.356 e. The third-order valence-electron chi connectivity index (χ3n) is 2.26. The van der Waals surface area contributed by atoms with Crippen molar-refractivity contribution in [2.75, 3.05) is 32.1 Å². The van der Waals surface area contributed by atoms with Crippen molar-refractivity contribution in [1.29, 1.82) is 0 Å². The number of nitrogens with zero attached hydrogens (tertiary/aromatic N) is 3. The maximum absolute atomic E-state index is 4.49. The van der Waals surface area contributed by atoms with Crippen LogP contribution in [0.5, 0.6) is 0 Å². The van der Waals surface area contributed by atoms with Gasteiger partial charge in [0.05, 0.1) is 12.2 Å². The molecule has 0 unspecified atom stereocenters. The van der Waals surface area contributed by atoms with E-state index >= 15 is 0 Å². The lowest BCUT2D eigenvalue weighted by atomic mass is 10.4. The molecule has 0 radical (unpaired) electrons. The minimum absolute atomic E-state index is 0.732. The maximum Gasteiger partial charge on any atom is 0.191 e. The summed E-state index contributed by atoms with van der Waals surface area (Å²) < 4.78 is 0. The number of hydrogen-bond acceptors (Lipinski definition) is 6. The number of hydrogen-bond donors (Lipinski definition) is 2. The van der Waals surface area contributed by atoms with E-state index in [1.165, 1.54) is 0 Å². The Morgan fingerprint density at radius 3 is 3.06 bits per heavy atom. The predicted octanol–water partition coefficient (Wildman–Crippen LogP) is 0.648. The second-order valence-corrected chi connectivity index (χ2v) is 4.72. The molecule has 2 N–H and O–H groups in total. The number of nitrogens with one attached hydrogen (secondary N) is 2. The molecular weight excluding hydrogens is 222 g/mol. The second-order valence-electron chi connectivity index (χ2n) is 3.88. The Labute approximate surface area is 99.6 Å². The number of rotatable bonds is 3. The van der Waals surface area contributed by atoms with Gasteiger partial charge in [0.2, 0.25) is 0 Å². The SMILES string of the molecule is CN(C)c1nc(CNC2=NCCCN2)cs1. The molecule has 1 aliphatic rings. The van der Waals surface area contributed by atoms with Crippen molar-refractivity contribution >= 4 is 22.4 Å². The number of aliphatic imine (C=N–C) groups is 1. The zero-order valence-corrected chi connectivity index (χ0v) is 10.5. The molecule has 2 rings (SSSR count). The van der Waals surface area contributed by atoms with E-state index in [1.54, 1.807) is 11.3 Å². The summed E-state index contributed by atoms with van der Waals surface area (Å²) in [6.45, 7) is 2.65. The summed E-state index contributed by atoms with van der Waals surface area (Å²) in [4.78, 5) is 10.9. The van der Waals surface area contributed by atoms with Crippen molar-refractivity contribution in [3.05, 3.63) is 11.1 Å². The highest BCUT2D eigenvalue weighted by atomic mass is 32.1. The van der Waals surface area contributed by atoms with Gasteiger partial charge >= 0.3 is 0 Å². The van der Waals surface area contributed by atoms with Crippen molar-refractivity contribution in [3.8, 4) is 0 Å². The molecular formula is C10H17N5S. The standard InChI is InChI=1S/C10H17N5S/c1-15(2)10-14-8(7-16-10)6-13-9-11-4-3-5-12-9/h7H,3-6H2,1-2H3,(H2,11,12,13). The molecule has 0 bridgehead atoms. The van der Waals surface area contributed by atoms with Crippen LogP contribution in [0.4, 0.5) is 5.13 Å². The van der Waals surface area contributed by atoms with Gasteiger partial charge in [-0.3, -0.25) is 4.99 Å². The van der Waals surface area contributed by atoms with Crippen molar-refractivity contribution in [2.24, 2.45) is 4.99 Å². The molecule has 0 spiro atoms. The topological polar surface area (TPSA) is 52.6 Å². The summed E-state index contributed by atoms with van der Waals surface area (Å²) in [6, 6.07) is 0. The molecule has 16 heavy (non-hydrogen) atoms. The number of anilines is 1. The lowest BCUT2D eigenvalue weighted by Gasteiger charge is -2.15. The van der Waals surface area contributed by atoms with Crippen LogP contribution < -0.4 is 15.5 Å². The summed E-state index contributed by atoms with van der Waals surface area (Å²) in [5.41, 5.74) is 1.06. The molecule has 0 aliphatic carbocycles. The van der Waals surface area contributed by atoms with Crippen molar-refractivity contribution in [2.45, 2.75) is 13.0 Å². The molecule has 2 heterocycles. The lowest BCUT2D eigenvalue weighted by molar-refractivity contribution is 0.699. The van der Waals surface area contributed by atoms with E-state index < -0.39 is 0 Å². The van der Waals surface area contributed by atoms with Crippen LogP contribution in [0.2, 0.25) is 0 Å². The van der Waals surface area contributed by atoms with E-state index in [1.807, 2.05) is 19.0 Å². The summed E-state index contributed by atoms with van der Waals surface area (Å²) in [6.07, 6.45) is 1.12. The van der Waals surface area contributed by atoms with Gasteiger partial charge < -0.3 is 15.5 Å². The average Bonchev–Trinajstić information content (AvgIpc) is 2.76. The Hall–Kier alpha value is -1.30. The third kappa shape index (κ3) is 2.85. The summed E-state index contributed by atoms with van der Waals surface area (Å²) in [5, 5.41) is 9.59.